The molecule has 0 radical (unpaired) electrons. The second-order valence-electron chi connectivity index (χ2n) is 8.89. The van der Waals surface area contributed by atoms with E-state index in [0.717, 1.165) is 41.1 Å². The predicted octanol–water partition coefficient (Wildman–Crippen LogP) is 2.15. The molecule has 3 rings (SSSR count). The Balaban J connectivity index is 1.75. The minimum atomic E-state index is -4.02. The van der Waals surface area contributed by atoms with Gasteiger partial charge in [0.05, 0.1) is 11.0 Å². The second kappa shape index (κ2) is 9.89. The summed E-state index contributed by atoms with van der Waals surface area (Å²) in [6, 6.07) is 3.73. The number of likely N-dealkylation sites (tertiary alicyclic amines) is 1. The fourth-order valence-corrected chi connectivity index (χ4v) is 6.24. The van der Waals surface area contributed by atoms with Crippen LogP contribution in [0.5, 0.6) is 0 Å². The molecule has 2 fully saturated rings. The molecule has 32 heavy (non-hydrogen) atoms. The molecule has 0 bridgehead atoms. The molecule has 1 amide bonds. The Hall–Kier alpha value is -1.97. The van der Waals surface area contributed by atoms with Gasteiger partial charge in [-0.3, -0.25) is 9.59 Å². The standard InChI is InChI=1S/C23H34N2O6S/c1-5-18-8-6-7-11-24(18)22(27)17(4)31-23(28)21-13-19(26)14-25(21)32(29,30)20-10-9-15(2)16(3)12-20/h9-10,12,17-19,21,26H,5-8,11,13-14H2,1-4H3/t17?,18?,19?,21-/m0/s1. The molecule has 2 saturated heterocycles. The summed E-state index contributed by atoms with van der Waals surface area (Å²) in [6.45, 7) is 7.69. The van der Waals surface area contributed by atoms with Crippen LogP contribution in [0.25, 0.3) is 0 Å². The number of aliphatic hydroxyl groups excluding tert-OH is 1. The summed E-state index contributed by atoms with van der Waals surface area (Å²) in [7, 11) is -4.02. The Bertz CT molecular complexity index is 963. The van der Waals surface area contributed by atoms with Crippen LogP contribution in [-0.4, -0.2) is 72.0 Å². The average Bonchev–Trinajstić information content (AvgIpc) is 3.17. The summed E-state index contributed by atoms with van der Waals surface area (Å²) in [5, 5.41) is 10.2. The number of ether oxygens (including phenoxy) is 1. The smallest absolute Gasteiger partial charge is 0.325 e. The van der Waals surface area contributed by atoms with E-state index in [1.165, 1.54) is 13.0 Å². The van der Waals surface area contributed by atoms with E-state index in [2.05, 4.69) is 0 Å². The first-order valence-corrected chi connectivity index (χ1v) is 12.8. The largest absolute Gasteiger partial charge is 0.451 e. The highest BCUT2D eigenvalue weighted by Crippen LogP contribution is 2.29. The van der Waals surface area contributed by atoms with Crippen LogP contribution in [-0.2, 0) is 24.3 Å². The molecule has 8 nitrogen and oxygen atoms in total. The Morgan fingerprint density at radius 2 is 1.94 bits per heavy atom. The van der Waals surface area contributed by atoms with Crippen LogP contribution in [0.1, 0.15) is 57.1 Å². The van der Waals surface area contributed by atoms with Gasteiger partial charge < -0.3 is 14.7 Å². The summed E-state index contributed by atoms with van der Waals surface area (Å²) in [6.07, 6.45) is 1.69. The molecule has 178 valence electrons. The maximum absolute atomic E-state index is 13.2. The summed E-state index contributed by atoms with van der Waals surface area (Å²) < 4.78 is 32.9. The van der Waals surface area contributed by atoms with E-state index in [9.17, 15) is 23.1 Å². The third kappa shape index (κ3) is 5.00. The zero-order chi connectivity index (χ0) is 23.6. The highest BCUT2D eigenvalue weighted by atomic mass is 32.2. The lowest BCUT2D eigenvalue weighted by molar-refractivity contribution is -0.163. The molecule has 1 aromatic rings. The van der Waals surface area contributed by atoms with Gasteiger partial charge in [-0.2, -0.15) is 4.31 Å². The van der Waals surface area contributed by atoms with Gasteiger partial charge >= 0.3 is 5.97 Å². The van der Waals surface area contributed by atoms with E-state index in [0.29, 0.717) is 6.54 Å². The second-order valence-corrected chi connectivity index (χ2v) is 10.8. The number of nitrogens with zero attached hydrogens (tertiary/aromatic N) is 2. The lowest BCUT2D eigenvalue weighted by Crippen LogP contribution is -2.49. The molecule has 2 heterocycles. The van der Waals surface area contributed by atoms with Gasteiger partial charge in [-0.05, 0) is 69.7 Å². The van der Waals surface area contributed by atoms with Crippen molar-refractivity contribution in [3.05, 3.63) is 29.3 Å². The van der Waals surface area contributed by atoms with Crippen molar-refractivity contribution in [1.29, 1.82) is 0 Å². The van der Waals surface area contributed by atoms with E-state index >= 15 is 0 Å². The average molecular weight is 467 g/mol. The fraction of sp³-hybridized carbons (Fsp3) is 0.652. The molecule has 1 aromatic carbocycles. The molecule has 0 aromatic heterocycles. The van der Waals surface area contributed by atoms with Crippen molar-refractivity contribution in [2.45, 2.75) is 89.0 Å². The number of hydrogen-bond acceptors (Lipinski definition) is 6. The maximum Gasteiger partial charge on any atom is 0.325 e. The van der Waals surface area contributed by atoms with Gasteiger partial charge in [0.15, 0.2) is 6.10 Å². The first kappa shape index (κ1) is 24.7. The quantitative estimate of drug-likeness (QED) is 0.644. The number of rotatable bonds is 6. The first-order chi connectivity index (χ1) is 15.1. The van der Waals surface area contributed by atoms with Crippen molar-refractivity contribution < 1.29 is 27.9 Å². The van der Waals surface area contributed by atoms with Gasteiger partial charge in [-0.15, -0.1) is 0 Å². The minimum absolute atomic E-state index is 0.0644. The number of amides is 1. The topological polar surface area (TPSA) is 104 Å². The third-order valence-electron chi connectivity index (χ3n) is 6.61. The first-order valence-electron chi connectivity index (χ1n) is 11.3. The third-order valence-corrected chi connectivity index (χ3v) is 8.48. The molecule has 2 aliphatic rings. The zero-order valence-electron chi connectivity index (χ0n) is 19.3. The van der Waals surface area contributed by atoms with E-state index in [1.807, 2.05) is 20.8 Å². The molecule has 2 aliphatic heterocycles. The van der Waals surface area contributed by atoms with E-state index in [1.54, 1.807) is 17.0 Å². The molecule has 0 aliphatic carbocycles. The van der Waals surface area contributed by atoms with E-state index in [4.69, 9.17) is 4.74 Å². The molecule has 4 atom stereocenters. The van der Waals surface area contributed by atoms with Crippen LogP contribution in [0.2, 0.25) is 0 Å². The highest BCUT2D eigenvalue weighted by molar-refractivity contribution is 7.89. The van der Waals surface area contributed by atoms with Crippen LogP contribution >= 0.6 is 0 Å². The van der Waals surface area contributed by atoms with Crippen LogP contribution in [0, 0.1) is 13.8 Å². The molecule has 1 N–H and O–H groups in total. The van der Waals surface area contributed by atoms with Gasteiger partial charge in [-0.25, -0.2) is 8.42 Å². The van der Waals surface area contributed by atoms with Crippen LogP contribution in [0.3, 0.4) is 0 Å². The van der Waals surface area contributed by atoms with Gasteiger partial charge in [0.1, 0.15) is 6.04 Å². The number of piperidine rings is 1. The van der Waals surface area contributed by atoms with E-state index < -0.39 is 34.2 Å². The summed E-state index contributed by atoms with van der Waals surface area (Å²) in [5.41, 5.74) is 1.77. The number of aryl methyl sites for hydroxylation is 2. The van der Waals surface area contributed by atoms with Crippen LogP contribution in [0.4, 0.5) is 0 Å². The number of hydrogen-bond donors (Lipinski definition) is 1. The lowest BCUT2D eigenvalue weighted by Gasteiger charge is -2.36. The summed E-state index contributed by atoms with van der Waals surface area (Å²) in [4.78, 5) is 27.7. The minimum Gasteiger partial charge on any atom is -0.451 e. The van der Waals surface area contributed by atoms with Gasteiger partial charge in [0, 0.05) is 25.6 Å². The molecule has 0 spiro atoms. The predicted molar refractivity (Wildman–Crippen MR) is 119 cm³/mol. The number of esters is 1. The molecule has 9 heteroatoms. The SMILES string of the molecule is CCC1CCCCN1C(=O)C(C)OC(=O)[C@@H]1CC(O)CN1S(=O)(=O)c1ccc(C)c(C)c1. The van der Waals surface area contributed by atoms with Crippen molar-refractivity contribution in [2.75, 3.05) is 13.1 Å². The fourth-order valence-electron chi connectivity index (χ4n) is 4.53. The van der Waals surface area contributed by atoms with Gasteiger partial charge in [0.2, 0.25) is 10.0 Å². The molecule has 3 unspecified atom stereocenters. The number of carbonyl (C=O) groups is 2. The van der Waals surface area contributed by atoms with Crippen molar-refractivity contribution in [2.24, 2.45) is 0 Å². The normalized spacial score (nSPS) is 25.5. The number of aliphatic hydroxyl groups is 1. The van der Waals surface area contributed by atoms with Crippen molar-refractivity contribution in [3.63, 3.8) is 0 Å². The molecular weight excluding hydrogens is 432 g/mol. The Kier molecular flexibility index (Phi) is 7.62. The van der Waals surface area contributed by atoms with Crippen molar-refractivity contribution in [3.8, 4) is 0 Å². The highest BCUT2D eigenvalue weighted by Gasteiger charge is 2.45. The van der Waals surface area contributed by atoms with Crippen LogP contribution < -0.4 is 0 Å². The molecule has 0 saturated carbocycles. The Morgan fingerprint density at radius 1 is 1.22 bits per heavy atom. The monoisotopic (exact) mass is 466 g/mol. The number of β-amino-alcohol motifs (C(OH)–C–C–N with tert-alkyl or cyclic N) is 1. The number of carbonyl (C=O) groups excluding carboxylic acids is 2. The number of sulfonamides is 1. The Labute approximate surface area is 190 Å². The van der Waals surface area contributed by atoms with Gasteiger partial charge in [0.25, 0.3) is 5.91 Å². The summed E-state index contributed by atoms with van der Waals surface area (Å²) >= 11 is 0. The molecular formula is C23H34N2O6S. The summed E-state index contributed by atoms with van der Waals surface area (Å²) in [5.74, 6) is -1.06. The zero-order valence-corrected chi connectivity index (χ0v) is 20.1. The van der Waals surface area contributed by atoms with Crippen molar-refractivity contribution >= 4 is 21.9 Å². The van der Waals surface area contributed by atoms with Gasteiger partial charge in [-0.1, -0.05) is 13.0 Å². The van der Waals surface area contributed by atoms with Crippen molar-refractivity contribution in [1.82, 2.24) is 9.21 Å². The Morgan fingerprint density at radius 3 is 2.59 bits per heavy atom. The van der Waals surface area contributed by atoms with E-state index in [-0.39, 0.29) is 29.8 Å². The van der Waals surface area contributed by atoms with Crippen LogP contribution in [0.15, 0.2) is 23.1 Å². The number of benzene rings is 1. The lowest BCUT2D eigenvalue weighted by atomic mass is 9.99. The maximum atomic E-state index is 13.2.